The third-order valence-corrected chi connectivity index (χ3v) is 4.46. The number of methoxy groups -OCH3 is 1. The number of nitrogens with zero attached hydrogens (tertiary/aromatic N) is 2. The quantitative estimate of drug-likeness (QED) is 0.870. The molecule has 0 spiro atoms. The smallest absolute Gasteiger partial charge is 0.270 e. The lowest BCUT2D eigenvalue weighted by Gasteiger charge is -2.22. The maximum atomic E-state index is 12.4. The van der Waals surface area contributed by atoms with Crippen LogP contribution >= 0.6 is 0 Å². The van der Waals surface area contributed by atoms with Gasteiger partial charge in [-0.1, -0.05) is 25.3 Å². The number of rotatable bonds is 5. The van der Waals surface area contributed by atoms with Crippen LogP contribution in [0.15, 0.2) is 30.6 Å². The van der Waals surface area contributed by atoms with E-state index in [1.165, 1.54) is 25.6 Å². The van der Waals surface area contributed by atoms with Gasteiger partial charge in [0.05, 0.1) is 12.8 Å². The summed E-state index contributed by atoms with van der Waals surface area (Å²) in [7, 11) is 1.62. The Hall–Kier alpha value is -2.63. The van der Waals surface area contributed by atoms with Gasteiger partial charge in [-0.3, -0.25) is 4.79 Å². The maximum Gasteiger partial charge on any atom is 0.270 e. The van der Waals surface area contributed by atoms with Crippen LogP contribution in [0.1, 0.15) is 48.2 Å². The van der Waals surface area contributed by atoms with E-state index in [1.54, 1.807) is 13.2 Å². The number of hydrogen-bond acceptors (Lipinski definition) is 5. The van der Waals surface area contributed by atoms with Gasteiger partial charge in [-0.2, -0.15) is 0 Å². The van der Waals surface area contributed by atoms with Gasteiger partial charge < -0.3 is 15.4 Å². The minimum atomic E-state index is -0.145. The van der Waals surface area contributed by atoms with Gasteiger partial charge in [0.2, 0.25) is 0 Å². The largest absolute Gasteiger partial charge is 0.495 e. The van der Waals surface area contributed by atoms with Gasteiger partial charge in [-0.25, -0.2) is 9.97 Å². The van der Waals surface area contributed by atoms with Gasteiger partial charge in [-0.15, -0.1) is 0 Å². The Morgan fingerprint density at radius 3 is 2.72 bits per heavy atom. The first kappa shape index (κ1) is 17.2. The number of hydrogen-bond donors (Lipinski definition) is 2. The van der Waals surface area contributed by atoms with Gasteiger partial charge in [0, 0.05) is 12.1 Å². The molecule has 0 aliphatic heterocycles. The van der Waals surface area contributed by atoms with Crippen molar-refractivity contribution in [3.63, 3.8) is 0 Å². The number of nitrogens with one attached hydrogen (secondary N) is 2. The van der Waals surface area contributed by atoms with Gasteiger partial charge >= 0.3 is 0 Å². The second-order valence-corrected chi connectivity index (χ2v) is 6.43. The van der Waals surface area contributed by atoms with Crippen LogP contribution in [0.5, 0.6) is 5.75 Å². The molecule has 25 heavy (non-hydrogen) atoms. The van der Waals surface area contributed by atoms with Crippen LogP contribution in [0.2, 0.25) is 0 Å². The summed E-state index contributed by atoms with van der Waals surface area (Å²) in [5, 5.41) is 6.28. The van der Waals surface area contributed by atoms with Crippen LogP contribution in [0.4, 0.5) is 11.5 Å². The third-order valence-electron chi connectivity index (χ3n) is 4.46. The number of ether oxygens (including phenoxy) is 1. The molecule has 6 heteroatoms. The number of benzene rings is 1. The predicted molar refractivity (Wildman–Crippen MR) is 97.4 cm³/mol. The Labute approximate surface area is 148 Å². The van der Waals surface area contributed by atoms with Crippen molar-refractivity contribution in [1.82, 2.24) is 15.3 Å². The minimum Gasteiger partial charge on any atom is -0.495 e. The average molecular weight is 340 g/mol. The highest BCUT2D eigenvalue weighted by Crippen LogP contribution is 2.28. The normalized spacial score (nSPS) is 14.8. The fourth-order valence-corrected chi connectivity index (χ4v) is 3.11. The lowest BCUT2D eigenvalue weighted by molar-refractivity contribution is 0.0922. The van der Waals surface area contributed by atoms with E-state index in [2.05, 4.69) is 20.6 Å². The SMILES string of the molecule is COc1ccc(C)cc1Nc1cc(C(=O)NC2CCCCC2)ncn1. The summed E-state index contributed by atoms with van der Waals surface area (Å²) >= 11 is 0. The lowest BCUT2D eigenvalue weighted by Crippen LogP contribution is -2.36. The second-order valence-electron chi connectivity index (χ2n) is 6.43. The molecule has 2 N–H and O–H groups in total. The molecule has 0 atom stereocenters. The van der Waals surface area contributed by atoms with E-state index < -0.39 is 0 Å². The maximum absolute atomic E-state index is 12.4. The van der Waals surface area contributed by atoms with E-state index in [0.717, 1.165) is 29.8 Å². The number of anilines is 2. The zero-order valence-corrected chi connectivity index (χ0v) is 14.7. The van der Waals surface area contributed by atoms with Crippen molar-refractivity contribution < 1.29 is 9.53 Å². The van der Waals surface area contributed by atoms with Gasteiger partial charge in [-0.05, 0) is 37.5 Å². The molecule has 1 aromatic heterocycles. The summed E-state index contributed by atoms with van der Waals surface area (Å²) in [6, 6.07) is 7.77. The minimum absolute atomic E-state index is 0.145. The zero-order valence-electron chi connectivity index (χ0n) is 14.7. The molecule has 3 rings (SSSR count). The highest BCUT2D eigenvalue weighted by Gasteiger charge is 2.18. The van der Waals surface area contributed by atoms with Crippen molar-refractivity contribution in [2.45, 2.75) is 45.1 Å². The number of carbonyl (C=O) groups excluding carboxylic acids is 1. The fraction of sp³-hybridized carbons (Fsp3) is 0.421. The highest BCUT2D eigenvalue weighted by molar-refractivity contribution is 5.93. The summed E-state index contributed by atoms with van der Waals surface area (Å²) in [6.45, 7) is 2.01. The molecule has 0 radical (unpaired) electrons. The van der Waals surface area contributed by atoms with Crippen LogP contribution in [0.25, 0.3) is 0 Å². The summed E-state index contributed by atoms with van der Waals surface area (Å²) in [5.74, 6) is 1.14. The van der Waals surface area contributed by atoms with Gasteiger partial charge in [0.15, 0.2) is 0 Å². The summed E-state index contributed by atoms with van der Waals surface area (Å²) in [6.07, 6.45) is 7.10. The number of aryl methyl sites for hydroxylation is 1. The molecule has 1 fully saturated rings. The Kier molecular flexibility index (Phi) is 5.48. The Bertz CT molecular complexity index is 742. The lowest BCUT2D eigenvalue weighted by atomic mass is 9.95. The van der Waals surface area contributed by atoms with Crippen LogP contribution < -0.4 is 15.4 Å². The summed E-state index contributed by atoms with van der Waals surface area (Å²) < 4.78 is 5.37. The van der Waals surface area contributed by atoms with Gasteiger partial charge in [0.1, 0.15) is 23.6 Å². The molecule has 1 heterocycles. The Morgan fingerprint density at radius 1 is 1.16 bits per heavy atom. The first-order valence-electron chi connectivity index (χ1n) is 8.70. The van der Waals surface area contributed by atoms with E-state index in [-0.39, 0.29) is 11.9 Å². The standard InChI is InChI=1S/C19H24N4O2/c1-13-8-9-17(25-2)15(10-13)23-18-11-16(20-12-21-18)19(24)22-14-6-4-3-5-7-14/h8-12,14H,3-7H2,1-2H3,(H,22,24)(H,20,21,23). The Balaban J connectivity index is 1.73. The monoisotopic (exact) mass is 340 g/mol. The first-order valence-corrected chi connectivity index (χ1v) is 8.70. The van der Waals surface area contributed by atoms with Crippen molar-refractivity contribution in [2.24, 2.45) is 0 Å². The summed E-state index contributed by atoms with van der Waals surface area (Å²) in [5.41, 5.74) is 2.28. The molecule has 1 aliphatic carbocycles. The molecule has 1 aromatic carbocycles. The van der Waals surface area contributed by atoms with E-state index in [1.807, 2.05) is 25.1 Å². The van der Waals surface area contributed by atoms with Crippen LogP contribution in [-0.4, -0.2) is 29.0 Å². The molecular formula is C19H24N4O2. The number of aromatic nitrogens is 2. The second kappa shape index (κ2) is 7.96. The van der Waals surface area contributed by atoms with Crippen molar-refractivity contribution in [3.8, 4) is 5.75 Å². The van der Waals surface area contributed by atoms with Gasteiger partial charge in [0.25, 0.3) is 5.91 Å². The predicted octanol–water partition coefficient (Wildman–Crippen LogP) is 3.60. The molecular weight excluding hydrogens is 316 g/mol. The van der Waals surface area contributed by atoms with E-state index in [0.29, 0.717) is 11.5 Å². The molecule has 2 aromatic rings. The fourth-order valence-electron chi connectivity index (χ4n) is 3.11. The van der Waals surface area contributed by atoms with E-state index in [4.69, 9.17) is 4.74 Å². The number of carbonyl (C=O) groups is 1. The van der Waals surface area contributed by atoms with E-state index in [9.17, 15) is 4.79 Å². The van der Waals surface area contributed by atoms with Crippen LogP contribution in [0.3, 0.4) is 0 Å². The van der Waals surface area contributed by atoms with Crippen molar-refractivity contribution >= 4 is 17.4 Å². The highest BCUT2D eigenvalue weighted by atomic mass is 16.5. The zero-order chi connectivity index (χ0) is 17.6. The van der Waals surface area contributed by atoms with Crippen molar-refractivity contribution in [1.29, 1.82) is 0 Å². The molecule has 0 unspecified atom stereocenters. The number of amides is 1. The summed E-state index contributed by atoms with van der Waals surface area (Å²) in [4.78, 5) is 20.8. The van der Waals surface area contributed by atoms with Crippen LogP contribution in [0, 0.1) is 6.92 Å². The molecule has 1 saturated carbocycles. The molecule has 0 saturated heterocycles. The third kappa shape index (κ3) is 4.47. The van der Waals surface area contributed by atoms with Crippen molar-refractivity contribution in [3.05, 3.63) is 41.9 Å². The molecule has 1 amide bonds. The van der Waals surface area contributed by atoms with E-state index >= 15 is 0 Å². The van der Waals surface area contributed by atoms with Crippen molar-refractivity contribution in [2.75, 3.05) is 12.4 Å². The molecule has 132 valence electrons. The molecule has 1 aliphatic rings. The molecule has 6 nitrogen and oxygen atoms in total. The average Bonchev–Trinajstić information content (AvgIpc) is 2.63. The van der Waals surface area contributed by atoms with Crippen LogP contribution in [-0.2, 0) is 0 Å². The topological polar surface area (TPSA) is 76.1 Å². The molecule has 0 bridgehead atoms. The first-order chi connectivity index (χ1) is 12.2. The Morgan fingerprint density at radius 2 is 1.96 bits per heavy atom.